The molecule has 106 valence electrons. The summed E-state index contributed by atoms with van der Waals surface area (Å²) in [6.45, 7) is 4.27. The Labute approximate surface area is 120 Å². The summed E-state index contributed by atoms with van der Waals surface area (Å²) >= 11 is 0. The van der Waals surface area contributed by atoms with E-state index >= 15 is 0 Å². The maximum Gasteiger partial charge on any atom is 0.138 e. The second kappa shape index (κ2) is 5.65. The fourth-order valence-corrected chi connectivity index (χ4v) is 3.16. The second-order valence-corrected chi connectivity index (χ2v) is 5.60. The molecule has 2 aromatic rings. The molecule has 3 rings (SSSR count). The Kier molecular flexibility index (Phi) is 3.72. The molecule has 0 radical (unpaired) electrons. The highest BCUT2D eigenvalue weighted by Crippen LogP contribution is 2.30. The summed E-state index contributed by atoms with van der Waals surface area (Å²) in [6.07, 6.45) is 10.9. The van der Waals surface area contributed by atoms with Crippen molar-refractivity contribution in [3.63, 3.8) is 0 Å². The molecule has 0 aromatic carbocycles. The number of nitrogens with one attached hydrogen (secondary N) is 1. The van der Waals surface area contributed by atoms with Crippen molar-refractivity contribution in [2.75, 3.05) is 5.32 Å². The lowest BCUT2D eigenvalue weighted by Gasteiger charge is -2.20. The summed E-state index contributed by atoms with van der Waals surface area (Å²) in [6, 6.07) is 4.78. The van der Waals surface area contributed by atoms with E-state index < -0.39 is 0 Å². The van der Waals surface area contributed by atoms with Crippen LogP contribution in [-0.4, -0.2) is 20.6 Å². The molecule has 4 heteroatoms. The van der Waals surface area contributed by atoms with Crippen LogP contribution in [0.25, 0.3) is 5.82 Å². The first-order valence-electron chi connectivity index (χ1n) is 7.51. The predicted molar refractivity (Wildman–Crippen MR) is 81.1 cm³/mol. The molecule has 1 aliphatic rings. The van der Waals surface area contributed by atoms with E-state index in [1.165, 1.54) is 25.7 Å². The van der Waals surface area contributed by atoms with E-state index in [-0.39, 0.29) is 0 Å². The first-order valence-corrected chi connectivity index (χ1v) is 7.51. The maximum atomic E-state index is 4.54. The third kappa shape index (κ3) is 2.55. The van der Waals surface area contributed by atoms with Crippen molar-refractivity contribution in [1.29, 1.82) is 0 Å². The number of rotatable bonds is 4. The van der Waals surface area contributed by atoms with Crippen LogP contribution >= 0.6 is 0 Å². The largest absolute Gasteiger partial charge is 0.381 e. The number of nitrogens with zero attached hydrogens (tertiary/aromatic N) is 3. The third-order valence-corrected chi connectivity index (χ3v) is 4.36. The highest BCUT2D eigenvalue weighted by Gasteiger charge is 2.25. The van der Waals surface area contributed by atoms with Crippen LogP contribution in [0.2, 0.25) is 0 Å². The Balaban J connectivity index is 1.72. The number of aryl methyl sites for hydroxylation is 1. The molecule has 1 fully saturated rings. The van der Waals surface area contributed by atoms with Crippen molar-refractivity contribution in [3.05, 3.63) is 36.5 Å². The molecule has 1 aliphatic carbocycles. The molecule has 1 saturated carbocycles. The van der Waals surface area contributed by atoms with Gasteiger partial charge in [-0.25, -0.2) is 9.97 Å². The van der Waals surface area contributed by atoms with Gasteiger partial charge >= 0.3 is 0 Å². The van der Waals surface area contributed by atoms with E-state index in [1.807, 2.05) is 30.0 Å². The first-order chi connectivity index (χ1) is 9.78. The Morgan fingerprint density at radius 1 is 1.30 bits per heavy atom. The Morgan fingerprint density at radius 3 is 2.85 bits per heavy atom. The van der Waals surface area contributed by atoms with Gasteiger partial charge in [-0.3, -0.25) is 4.57 Å². The monoisotopic (exact) mass is 270 g/mol. The van der Waals surface area contributed by atoms with Gasteiger partial charge in [0.05, 0.1) is 11.9 Å². The van der Waals surface area contributed by atoms with Crippen LogP contribution in [0.3, 0.4) is 0 Å². The normalized spacial score (nSPS) is 22.1. The minimum Gasteiger partial charge on any atom is -0.381 e. The summed E-state index contributed by atoms with van der Waals surface area (Å²) in [7, 11) is 0. The average Bonchev–Trinajstić information content (AvgIpc) is 3.08. The minimum atomic E-state index is 0.614. The molecule has 2 atom stereocenters. The molecule has 20 heavy (non-hydrogen) atoms. The average molecular weight is 270 g/mol. The highest BCUT2D eigenvalue weighted by atomic mass is 15.1. The molecule has 2 heterocycles. The van der Waals surface area contributed by atoms with Crippen LogP contribution in [0.4, 0.5) is 5.69 Å². The molecule has 0 saturated heterocycles. The van der Waals surface area contributed by atoms with E-state index in [1.54, 1.807) is 6.20 Å². The van der Waals surface area contributed by atoms with E-state index in [0.717, 1.165) is 23.2 Å². The summed E-state index contributed by atoms with van der Waals surface area (Å²) in [4.78, 5) is 8.76. The Morgan fingerprint density at radius 2 is 2.20 bits per heavy atom. The molecule has 4 nitrogen and oxygen atoms in total. The SMILES string of the molecule is CCC1CCCC1Nc1ccc(-n2ccnc2C)nc1. The molecule has 1 N–H and O–H groups in total. The molecule has 0 amide bonds. The Hall–Kier alpha value is -1.84. The van der Waals surface area contributed by atoms with E-state index in [0.29, 0.717) is 6.04 Å². The Bertz CT molecular complexity index is 558. The topological polar surface area (TPSA) is 42.7 Å². The van der Waals surface area contributed by atoms with Gasteiger partial charge in [-0.05, 0) is 37.8 Å². The second-order valence-electron chi connectivity index (χ2n) is 5.60. The zero-order valence-electron chi connectivity index (χ0n) is 12.2. The summed E-state index contributed by atoms with van der Waals surface area (Å²) in [5, 5.41) is 3.64. The van der Waals surface area contributed by atoms with Crippen molar-refractivity contribution < 1.29 is 0 Å². The van der Waals surface area contributed by atoms with Crippen LogP contribution in [0.15, 0.2) is 30.7 Å². The van der Waals surface area contributed by atoms with E-state index in [2.05, 4.69) is 28.3 Å². The number of imidazole rings is 1. The molecular weight excluding hydrogens is 248 g/mol. The van der Waals surface area contributed by atoms with Crippen LogP contribution in [-0.2, 0) is 0 Å². The van der Waals surface area contributed by atoms with Gasteiger partial charge in [0.15, 0.2) is 0 Å². The summed E-state index contributed by atoms with van der Waals surface area (Å²) < 4.78 is 1.99. The van der Waals surface area contributed by atoms with Crippen LogP contribution in [0.5, 0.6) is 0 Å². The van der Waals surface area contributed by atoms with Crippen LogP contribution < -0.4 is 5.32 Å². The first kappa shape index (κ1) is 13.2. The lowest BCUT2D eigenvalue weighted by atomic mass is 10.0. The summed E-state index contributed by atoms with van der Waals surface area (Å²) in [5.74, 6) is 2.69. The van der Waals surface area contributed by atoms with Crippen molar-refractivity contribution in [2.45, 2.75) is 45.6 Å². The number of hydrogen-bond acceptors (Lipinski definition) is 3. The van der Waals surface area contributed by atoms with Crippen molar-refractivity contribution in [1.82, 2.24) is 14.5 Å². The van der Waals surface area contributed by atoms with Gasteiger partial charge in [-0.1, -0.05) is 19.8 Å². The fraction of sp³-hybridized carbons (Fsp3) is 0.500. The van der Waals surface area contributed by atoms with Gasteiger partial charge in [0.25, 0.3) is 0 Å². The lowest BCUT2D eigenvalue weighted by molar-refractivity contribution is 0.489. The van der Waals surface area contributed by atoms with Gasteiger partial charge < -0.3 is 5.32 Å². The van der Waals surface area contributed by atoms with E-state index in [9.17, 15) is 0 Å². The zero-order valence-corrected chi connectivity index (χ0v) is 12.2. The van der Waals surface area contributed by atoms with Crippen LogP contribution in [0, 0.1) is 12.8 Å². The molecule has 0 spiro atoms. The van der Waals surface area contributed by atoms with Crippen molar-refractivity contribution in [2.24, 2.45) is 5.92 Å². The van der Waals surface area contributed by atoms with Gasteiger partial charge in [-0.15, -0.1) is 0 Å². The van der Waals surface area contributed by atoms with Gasteiger partial charge in [0.1, 0.15) is 11.6 Å². The fourth-order valence-electron chi connectivity index (χ4n) is 3.16. The molecular formula is C16H22N4. The standard InChI is InChI=1S/C16H22N4/c1-3-13-5-4-6-15(13)19-14-7-8-16(18-11-14)20-10-9-17-12(20)2/h7-11,13,15,19H,3-6H2,1-2H3. The zero-order chi connectivity index (χ0) is 13.9. The molecule has 2 aromatic heterocycles. The molecule has 0 bridgehead atoms. The van der Waals surface area contributed by atoms with Gasteiger partial charge in [-0.2, -0.15) is 0 Å². The van der Waals surface area contributed by atoms with Gasteiger partial charge in [0.2, 0.25) is 0 Å². The number of anilines is 1. The third-order valence-electron chi connectivity index (χ3n) is 4.36. The smallest absolute Gasteiger partial charge is 0.138 e. The number of aromatic nitrogens is 3. The summed E-state index contributed by atoms with van der Waals surface area (Å²) in [5.41, 5.74) is 1.12. The van der Waals surface area contributed by atoms with Gasteiger partial charge in [0, 0.05) is 18.4 Å². The van der Waals surface area contributed by atoms with Crippen LogP contribution in [0.1, 0.15) is 38.4 Å². The highest BCUT2D eigenvalue weighted by molar-refractivity contribution is 5.45. The van der Waals surface area contributed by atoms with E-state index in [4.69, 9.17) is 0 Å². The maximum absolute atomic E-state index is 4.54. The van der Waals surface area contributed by atoms with Crippen molar-refractivity contribution >= 4 is 5.69 Å². The molecule has 0 aliphatic heterocycles. The predicted octanol–water partition coefficient (Wildman–Crippen LogP) is 3.57. The van der Waals surface area contributed by atoms with Crippen molar-refractivity contribution in [3.8, 4) is 5.82 Å². The number of hydrogen-bond donors (Lipinski definition) is 1. The number of pyridine rings is 1. The lowest BCUT2D eigenvalue weighted by Crippen LogP contribution is -2.23. The molecule has 2 unspecified atom stereocenters. The quantitative estimate of drug-likeness (QED) is 0.923. The minimum absolute atomic E-state index is 0.614.